The van der Waals surface area contributed by atoms with Crippen molar-refractivity contribution in [1.82, 2.24) is 0 Å². The summed E-state index contributed by atoms with van der Waals surface area (Å²) >= 11 is 8.42. The third-order valence-electron chi connectivity index (χ3n) is 8.95. The molecule has 0 radical (unpaired) electrons. The average molecular weight is 691 g/mol. The molecule has 0 unspecified atom stereocenters. The topological polar surface area (TPSA) is 0 Å². The molecule has 8 rings (SSSR count). The van der Waals surface area contributed by atoms with Crippen LogP contribution < -0.4 is 0 Å². The number of hydrogen-bond donors (Lipinski definition) is 0. The third kappa shape index (κ3) is 4.08. The van der Waals surface area contributed by atoms with E-state index in [9.17, 15) is 0 Å². The number of rotatable bonds is 4. The molecule has 0 nitrogen and oxygen atoms in total. The van der Waals surface area contributed by atoms with Gasteiger partial charge in [-0.3, -0.25) is 0 Å². The smallest absolute Gasteiger partial charge is 0.194 e. The standard InChI is InChI=1S/C38H21ClF6S2/c39-26-18-16-23(17-19-26)30-21-28-32-31(36(40,41)38(44,45)37(32,42)43)27-20-29(22-10-4-1-5-11-22)46-33(27)35(34(28)47-30,24-12-6-2-7-13-24)25-14-8-3-9-15-25/h1-21H. The Labute approximate surface area is 279 Å². The lowest BCUT2D eigenvalue weighted by Crippen LogP contribution is -2.49. The van der Waals surface area contributed by atoms with Gasteiger partial charge in [-0.15, -0.1) is 22.7 Å². The zero-order chi connectivity index (χ0) is 32.8. The molecule has 0 saturated heterocycles. The molecular formula is C38H21ClF6S2. The van der Waals surface area contributed by atoms with E-state index in [0.29, 0.717) is 37.0 Å². The number of hydrogen-bond acceptors (Lipinski definition) is 2. The second-order valence-corrected chi connectivity index (χ2v) is 14.1. The predicted octanol–water partition coefficient (Wildman–Crippen LogP) is 12.3. The average Bonchev–Trinajstić information content (AvgIpc) is 3.72. The van der Waals surface area contributed by atoms with Gasteiger partial charge in [-0.1, -0.05) is 115 Å². The molecule has 0 saturated carbocycles. The van der Waals surface area contributed by atoms with E-state index < -0.39 is 34.3 Å². The molecule has 4 aromatic carbocycles. The second-order valence-electron chi connectivity index (χ2n) is 11.5. The Morgan fingerprint density at radius 2 is 0.851 bits per heavy atom. The van der Waals surface area contributed by atoms with Crippen molar-refractivity contribution in [3.8, 4) is 20.9 Å². The van der Waals surface area contributed by atoms with Gasteiger partial charge in [0.2, 0.25) is 0 Å². The summed E-state index contributed by atoms with van der Waals surface area (Å²) in [6, 6.07) is 36.4. The maximum Gasteiger partial charge on any atom is 0.380 e. The van der Waals surface area contributed by atoms with E-state index in [1.165, 1.54) is 12.1 Å². The van der Waals surface area contributed by atoms with Gasteiger partial charge < -0.3 is 0 Å². The summed E-state index contributed by atoms with van der Waals surface area (Å²) in [5.74, 6) is -16.0. The highest BCUT2D eigenvalue weighted by molar-refractivity contribution is 7.18. The minimum Gasteiger partial charge on any atom is -0.194 e. The van der Waals surface area contributed by atoms with Gasteiger partial charge in [0, 0.05) is 46.8 Å². The van der Waals surface area contributed by atoms with E-state index in [4.69, 9.17) is 11.6 Å². The molecule has 0 spiro atoms. The number of benzene rings is 4. The molecule has 2 aliphatic carbocycles. The molecule has 0 atom stereocenters. The molecule has 0 aliphatic heterocycles. The summed E-state index contributed by atoms with van der Waals surface area (Å²) in [6.07, 6.45) is 0. The summed E-state index contributed by atoms with van der Waals surface area (Å²) in [4.78, 5) is 1.46. The molecule has 47 heavy (non-hydrogen) atoms. The second kappa shape index (κ2) is 10.4. The summed E-state index contributed by atoms with van der Waals surface area (Å²) < 4.78 is 96.1. The van der Waals surface area contributed by atoms with Crippen LogP contribution in [0, 0.1) is 0 Å². The Bertz CT molecular complexity index is 2130. The highest BCUT2D eigenvalue weighted by Crippen LogP contribution is 2.70. The van der Waals surface area contributed by atoms with Crippen LogP contribution in [-0.4, -0.2) is 17.8 Å². The number of alkyl halides is 6. The first-order valence-corrected chi connectivity index (χ1v) is 16.6. The SMILES string of the molecule is FC1(F)C2=C(c3cc(-c4ccc(Cl)cc4)sc3C(c3ccccc3)(c3ccccc3)c3sc(-c4ccccc4)cc32)C(F)(F)C1(F)F. The van der Waals surface area contributed by atoms with Crippen LogP contribution in [0.25, 0.3) is 32.0 Å². The Balaban J connectivity index is 1.60. The number of fused-ring (bicyclic) bond motifs is 4. The van der Waals surface area contributed by atoms with Gasteiger partial charge in [0.05, 0.1) is 5.41 Å². The fraction of sp³-hybridized carbons (Fsp3) is 0.105. The fourth-order valence-electron chi connectivity index (χ4n) is 6.81. The highest BCUT2D eigenvalue weighted by atomic mass is 35.5. The van der Waals surface area contributed by atoms with Crippen LogP contribution in [0.4, 0.5) is 26.3 Å². The molecule has 9 heteroatoms. The maximum absolute atomic E-state index is 16.3. The van der Waals surface area contributed by atoms with Crippen LogP contribution in [-0.2, 0) is 5.41 Å². The molecule has 6 aromatic rings. The maximum atomic E-state index is 16.3. The lowest BCUT2D eigenvalue weighted by Gasteiger charge is -2.36. The lowest BCUT2D eigenvalue weighted by molar-refractivity contribution is -0.254. The Hall–Kier alpha value is -4.11. The van der Waals surface area contributed by atoms with Crippen molar-refractivity contribution >= 4 is 45.4 Å². The van der Waals surface area contributed by atoms with Crippen molar-refractivity contribution in [2.75, 3.05) is 0 Å². The first-order chi connectivity index (χ1) is 22.5. The first kappa shape index (κ1) is 30.2. The molecule has 2 heterocycles. The normalized spacial score (nSPS) is 18.3. The molecule has 0 bridgehead atoms. The predicted molar refractivity (Wildman–Crippen MR) is 178 cm³/mol. The van der Waals surface area contributed by atoms with Crippen molar-refractivity contribution < 1.29 is 26.3 Å². The van der Waals surface area contributed by atoms with Crippen LogP contribution in [0.15, 0.2) is 127 Å². The number of halogens is 7. The third-order valence-corrected chi connectivity index (χ3v) is 11.8. The Morgan fingerprint density at radius 3 is 1.28 bits per heavy atom. The van der Waals surface area contributed by atoms with E-state index in [2.05, 4.69) is 0 Å². The monoisotopic (exact) mass is 690 g/mol. The van der Waals surface area contributed by atoms with E-state index in [0.717, 1.165) is 22.7 Å². The summed E-state index contributed by atoms with van der Waals surface area (Å²) in [6.45, 7) is 0. The van der Waals surface area contributed by atoms with Crippen LogP contribution in [0.2, 0.25) is 5.02 Å². The fourth-order valence-corrected chi connectivity index (χ4v) is 9.83. The largest absolute Gasteiger partial charge is 0.380 e. The van der Waals surface area contributed by atoms with E-state index in [1.54, 1.807) is 91.0 Å². The van der Waals surface area contributed by atoms with Crippen LogP contribution in [0.3, 0.4) is 0 Å². The molecule has 0 amide bonds. The Morgan fingerprint density at radius 1 is 0.468 bits per heavy atom. The zero-order valence-electron chi connectivity index (χ0n) is 24.1. The minimum absolute atomic E-state index is 0.251. The molecule has 0 N–H and O–H groups in total. The molecule has 2 aliphatic rings. The number of thiophene rings is 2. The van der Waals surface area contributed by atoms with E-state index >= 15 is 26.3 Å². The zero-order valence-corrected chi connectivity index (χ0v) is 26.5. The van der Waals surface area contributed by atoms with Crippen molar-refractivity contribution in [2.45, 2.75) is 23.2 Å². The quantitative estimate of drug-likeness (QED) is 0.162. The van der Waals surface area contributed by atoms with Crippen LogP contribution in [0.5, 0.6) is 0 Å². The first-order valence-electron chi connectivity index (χ1n) is 14.6. The molecular weight excluding hydrogens is 670 g/mol. The minimum atomic E-state index is -5.67. The highest BCUT2D eigenvalue weighted by Gasteiger charge is 2.81. The van der Waals surface area contributed by atoms with Gasteiger partial charge >= 0.3 is 17.8 Å². The Kier molecular flexibility index (Phi) is 6.72. The summed E-state index contributed by atoms with van der Waals surface area (Å²) in [5, 5.41) is 0.443. The molecule has 234 valence electrons. The van der Waals surface area contributed by atoms with Crippen molar-refractivity contribution in [2.24, 2.45) is 0 Å². The molecule has 0 fully saturated rings. The van der Waals surface area contributed by atoms with Crippen molar-refractivity contribution in [1.29, 1.82) is 0 Å². The van der Waals surface area contributed by atoms with Crippen molar-refractivity contribution in [3.05, 3.63) is 164 Å². The van der Waals surface area contributed by atoms with Gasteiger partial charge in [0.15, 0.2) is 0 Å². The summed E-state index contributed by atoms with van der Waals surface area (Å²) in [7, 11) is 0. The lowest BCUT2D eigenvalue weighted by atomic mass is 9.70. The van der Waals surface area contributed by atoms with Crippen LogP contribution in [0.1, 0.15) is 32.0 Å². The number of allylic oxidation sites excluding steroid dienone is 2. The van der Waals surface area contributed by atoms with E-state index in [1.807, 2.05) is 24.3 Å². The van der Waals surface area contributed by atoms with Gasteiger partial charge in [0.25, 0.3) is 0 Å². The summed E-state index contributed by atoms with van der Waals surface area (Å²) in [5.41, 5.74) is -2.26. The van der Waals surface area contributed by atoms with Gasteiger partial charge in [0.1, 0.15) is 0 Å². The van der Waals surface area contributed by atoms with E-state index in [-0.39, 0.29) is 20.9 Å². The van der Waals surface area contributed by atoms with Crippen LogP contribution >= 0.6 is 34.3 Å². The molecule has 2 aromatic heterocycles. The van der Waals surface area contributed by atoms with Gasteiger partial charge in [-0.25, -0.2) is 0 Å². The van der Waals surface area contributed by atoms with Gasteiger partial charge in [-0.2, -0.15) is 26.3 Å². The van der Waals surface area contributed by atoms with Crippen molar-refractivity contribution in [3.63, 3.8) is 0 Å². The van der Waals surface area contributed by atoms with Gasteiger partial charge in [-0.05, 0) is 46.5 Å².